The average Bonchev–Trinajstić information content (AvgIpc) is 3.45. The Labute approximate surface area is 225 Å². The van der Waals surface area contributed by atoms with Crippen LogP contribution < -0.4 is 21.1 Å². The average molecular weight is 534 g/mol. The number of pyridine rings is 1. The number of ether oxygens (including phenoxy) is 1. The van der Waals surface area contributed by atoms with E-state index in [1.165, 1.54) is 17.3 Å². The largest absolute Gasteiger partial charge is 0.444 e. The number of nitrogens with zero attached hydrogens (tertiary/aromatic N) is 3. The lowest BCUT2D eigenvalue weighted by atomic mass is 10.0. The van der Waals surface area contributed by atoms with Crippen molar-refractivity contribution in [2.75, 3.05) is 43.2 Å². The predicted molar refractivity (Wildman–Crippen MR) is 149 cm³/mol. The highest BCUT2D eigenvalue weighted by atomic mass is 32.2. The molecule has 2 atom stereocenters. The molecule has 3 aliphatic rings. The number of aromatic nitrogens is 1. The minimum Gasteiger partial charge on any atom is -0.444 e. The fourth-order valence-electron chi connectivity index (χ4n) is 5.63. The zero-order chi connectivity index (χ0) is 26.4. The molecule has 3 aromatic rings. The SMILES string of the molecule is CN(C)Cc1ccc2c3c1ccc(=O)n3C[C@@H]2NCCC[C@H]1CN(c2ccc3c(c2)NC(=O)CS3)C(=O)O1. The summed E-state index contributed by atoms with van der Waals surface area (Å²) in [6, 6.07) is 13.7. The van der Waals surface area contributed by atoms with Crippen molar-refractivity contribution in [3.63, 3.8) is 0 Å². The van der Waals surface area contributed by atoms with Crippen LogP contribution in [0.4, 0.5) is 16.2 Å². The fraction of sp³-hybridized carbons (Fsp3) is 0.393. The van der Waals surface area contributed by atoms with Gasteiger partial charge in [-0.05, 0) is 68.9 Å². The third-order valence-corrected chi connectivity index (χ3v) is 8.44. The molecule has 38 heavy (non-hydrogen) atoms. The van der Waals surface area contributed by atoms with Gasteiger partial charge in [-0.2, -0.15) is 0 Å². The molecule has 2 N–H and O–H groups in total. The fourth-order valence-corrected chi connectivity index (χ4v) is 6.42. The second kappa shape index (κ2) is 10.1. The quantitative estimate of drug-likeness (QED) is 0.428. The van der Waals surface area contributed by atoms with Gasteiger partial charge >= 0.3 is 6.09 Å². The maximum atomic E-state index is 12.6. The second-order valence-electron chi connectivity index (χ2n) is 10.4. The highest BCUT2D eigenvalue weighted by molar-refractivity contribution is 8.00. The lowest BCUT2D eigenvalue weighted by Gasteiger charge is -2.20. The number of fused-ring (bicyclic) bond motifs is 1. The number of carbonyl (C=O) groups excluding carboxylic acids is 2. The van der Waals surface area contributed by atoms with Gasteiger partial charge < -0.3 is 24.8 Å². The summed E-state index contributed by atoms with van der Waals surface area (Å²) in [7, 11) is 4.10. The Hall–Kier alpha value is -3.34. The summed E-state index contributed by atoms with van der Waals surface area (Å²) in [4.78, 5) is 41.7. The number of cyclic esters (lactones) is 1. The number of hydrogen-bond donors (Lipinski definition) is 2. The van der Waals surface area contributed by atoms with Crippen LogP contribution >= 0.6 is 11.8 Å². The molecule has 2 amide bonds. The van der Waals surface area contributed by atoms with Gasteiger partial charge in [0, 0.05) is 35.1 Å². The first kappa shape index (κ1) is 25.0. The molecule has 1 aromatic heterocycles. The number of hydrogen-bond acceptors (Lipinski definition) is 7. The van der Waals surface area contributed by atoms with Crippen LogP contribution in [0.15, 0.2) is 52.2 Å². The molecule has 1 saturated heterocycles. The summed E-state index contributed by atoms with van der Waals surface area (Å²) in [5.41, 5.74) is 4.92. The monoisotopic (exact) mass is 533 g/mol. The van der Waals surface area contributed by atoms with E-state index < -0.39 is 0 Å². The van der Waals surface area contributed by atoms with Crippen LogP contribution in [0.3, 0.4) is 0 Å². The van der Waals surface area contributed by atoms with Gasteiger partial charge in [0.05, 0.1) is 29.5 Å². The van der Waals surface area contributed by atoms with Gasteiger partial charge in [-0.15, -0.1) is 11.8 Å². The maximum Gasteiger partial charge on any atom is 0.414 e. The zero-order valence-electron chi connectivity index (χ0n) is 21.5. The molecular formula is C28H31N5O4S. The molecular weight excluding hydrogens is 502 g/mol. The number of thioether (sulfide) groups is 1. The number of rotatable bonds is 8. The van der Waals surface area contributed by atoms with Crippen LogP contribution in [-0.4, -0.2) is 60.5 Å². The summed E-state index contributed by atoms with van der Waals surface area (Å²) in [5.74, 6) is 0.374. The van der Waals surface area contributed by atoms with Crippen molar-refractivity contribution in [2.24, 2.45) is 0 Å². The van der Waals surface area contributed by atoms with Crippen molar-refractivity contribution in [3.05, 3.63) is 63.9 Å². The smallest absolute Gasteiger partial charge is 0.414 e. The predicted octanol–water partition coefficient (Wildman–Crippen LogP) is 3.56. The Morgan fingerprint density at radius 1 is 1.11 bits per heavy atom. The molecule has 4 heterocycles. The summed E-state index contributed by atoms with van der Waals surface area (Å²) in [5, 5.41) is 7.64. The standard InChI is InChI=1S/C28H31N5O4S/c1-31(2)13-17-5-7-21-23(15-33-26(35)10-8-20(17)27(21)33)29-11-3-4-19-14-32(28(36)37-19)18-6-9-24-22(12-18)30-25(34)16-38-24/h5-10,12,19,23,29H,3-4,11,13-16H2,1-2H3,(H,30,34)/t19-,23-/m0/s1. The van der Waals surface area contributed by atoms with Crippen molar-refractivity contribution in [2.45, 2.75) is 43.0 Å². The Balaban J connectivity index is 1.06. The Kier molecular flexibility index (Phi) is 6.63. The molecule has 0 aliphatic carbocycles. The topological polar surface area (TPSA) is 95.9 Å². The van der Waals surface area contributed by atoms with Crippen molar-refractivity contribution in [1.82, 2.24) is 14.8 Å². The molecule has 0 spiro atoms. The summed E-state index contributed by atoms with van der Waals surface area (Å²) in [6.45, 7) is 2.68. The van der Waals surface area contributed by atoms with Gasteiger partial charge in [0.25, 0.3) is 5.56 Å². The van der Waals surface area contributed by atoms with E-state index in [2.05, 4.69) is 27.7 Å². The highest BCUT2D eigenvalue weighted by Gasteiger charge is 2.33. The third-order valence-electron chi connectivity index (χ3n) is 7.37. The van der Waals surface area contributed by atoms with E-state index in [4.69, 9.17) is 4.74 Å². The van der Waals surface area contributed by atoms with E-state index in [9.17, 15) is 14.4 Å². The number of nitrogens with one attached hydrogen (secondary N) is 2. The highest BCUT2D eigenvalue weighted by Crippen LogP contribution is 2.36. The molecule has 0 bridgehead atoms. The van der Waals surface area contributed by atoms with Crippen LogP contribution in [0, 0.1) is 0 Å². The minimum atomic E-state index is -0.358. The van der Waals surface area contributed by atoms with Crippen LogP contribution in [0.2, 0.25) is 0 Å². The van der Waals surface area contributed by atoms with Gasteiger partial charge in [-0.1, -0.05) is 12.1 Å². The number of anilines is 2. The van der Waals surface area contributed by atoms with Crippen molar-refractivity contribution in [3.8, 4) is 0 Å². The molecule has 9 nitrogen and oxygen atoms in total. The van der Waals surface area contributed by atoms with Gasteiger partial charge in [0.2, 0.25) is 5.91 Å². The molecule has 0 saturated carbocycles. The molecule has 3 aliphatic heterocycles. The van der Waals surface area contributed by atoms with Crippen LogP contribution in [-0.2, 0) is 22.6 Å². The van der Waals surface area contributed by atoms with Crippen LogP contribution in [0.5, 0.6) is 0 Å². The molecule has 198 valence electrons. The maximum absolute atomic E-state index is 12.6. The van der Waals surface area contributed by atoms with Crippen molar-refractivity contribution >= 4 is 46.0 Å². The first-order valence-corrected chi connectivity index (χ1v) is 13.9. The number of benzene rings is 2. The normalized spacial score (nSPS) is 20.2. The van der Waals surface area contributed by atoms with Gasteiger partial charge in [0.1, 0.15) is 6.10 Å². The first-order chi connectivity index (χ1) is 18.4. The van der Waals surface area contributed by atoms with E-state index in [0.717, 1.165) is 58.7 Å². The lowest BCUT2D eigenvalue weighted by molar-refractivity contribution is -0.113. The van der Waals surface area contributed by atoms with Gasteiger partial charge in [0.15, 0.2) is 0 Å². The minimum absolute atomic E-state index is 0.0309. The second-order valence-corrected chi connectivity index (χ2v) is 11.4. The third kappa shape index (κ3) is 4.68. The van der Waals surface area contributed by atoms with E-state index in [0.29, 0.717) is 18.8 Å². The number of carbonyl (C=O) groups is 2. The first-order valence-electron chi connectivity index (χ1n) is 13.0. The Morgan fingerprint density at radius 3 is 2.82 bits per heavy atom. The molecule has 2 aromatic carbocycles. The lowest BCUT2D eigenvalue weighted by Crippen LogP contribution is -2.27. The van der Waals surface area contributed by atoms with Gasteiger partial charge in [-0.25, -0.2) is 4.79 Å². The molecule has 0 unspecified atom stereocenters. The van der Waals surface area contributed by atoms with E-state index >= 15 is 0 Å². The molecule has 6 rings (SSSR count). The van der Waals surface area contributed by atoms with Crippen LogP contribution in [0.1, 0.15) is 30.0 Å². The summed E-state index contributed by atoms with van der Waals surface area (Å²) >= 11 is 1.50. The van der Waals surface area contributed by atoms with E-state index in [-0.39, 0.29) is 29.7 Å². The molecule has 0 radical (unpaired) electrons. The Bertz CT molecular complexity index is 1490. The zero-order valence-corrected chi connectivity index (χ0v) is 22.3. The van der Waals surface area contributed by atoms with Crippen LogP contribution in [0.25, 0.3) is 10.9 Å². The van der Waals surface area contributed by atoms with Gasteiger partial charge in [-0.3, -0.25) is 14.5 Å². The summed E-state index contributed by atoms with van der Waals surface area (Å²) < 4.78 is 7.53. The Morgan fingerprint density at radius 2 is 1.97 bits per heavy atom. The molecule has 1 fully saturated rings. The number of amides is 2. The molecule has 10 heteroatoms. The van der Waals surface area contributed by atoms with E-state index in [1.54, 1.807) is 11.0 Å². The summed E-state index contributed by atoms with van der Waals surface area (Å²) in [6.07, 6.45) is 1.03. The van der Waals surface area contributed by atoms with Crippen molar-refractivity contribution in [1.29, 1.82) is 0 Å². The van der Waals surface area contributed by atoms with Crippen molar-refractivity contribution < 1.29 is 14.3 Å². The van der Waals surface area contributed by atoms with E-state index in [1.807, 2.05) is 42.9 Å².